The van der Waals surface area contributed by atoms with Gasteiger partial charge in [-0.15, -0.1) is 0 Å². The van der Waals surface area contributed by atoms with Gasteiger partial charge < -0.3 is 14.2 Å². The van der Waals surface area contributed by atoms with Crippen molar-refractivity contribution in [2.75, 3.05) is 13.4 Å². The van der Waals surface area contributed by atoms with Crippen molar-refractivity contribution in [1.29, 1.82) is 0 Å². The van der Waals surface area contributed by atoms with Crippen LogP contribution >= 0.6 is 0 Å². The van der Waals surface area contributed by atoms with Crippen LogP contribution in [-0.2, 0) is 23.8 Å². The summed E-state index contributed by atoms with van der Waals surface area (Å²) in [5, 5.41) is 0. The van der Waals surface area contributed by atoms with Crippen LogP contribution in [0, 0.1) is 23.2 Å². The minimum Gasteiger partial charge on any atom is -0.465 e. The standard InChI is InChI=1S/C20H32O5/c1-4-19(2,3)18(22)23-6-5-17(21)24-13-25-20-10-14-7-15(11-20)9-16(8-14)12-20/h14-16H,4-13H2,1-3H3. The fraction of sp³-hybridized carbons (Fsp3) is 0.900. The molecule has 0 saturated heterocycles. The lowest BCUT2D eigenvalue weighted by Crippen LogP contribution is -2.52. The minimum atomic E-state index is -0.508. The molecule has 0 spiro atoms. The predicted molar refractivity (Wildman–Crippen MR) is 92.6 cm³/mol. The van der Waals surface area contributed by atoms with Crippen LogP contribution in [0.3, 0.4) is 0 Å². The summed E-state index contributed by atoms with van der Waals surface area (Å²) in [6, 6.07) is 0. The van der Waals surface area contributed by atoms with Gasteiger partial charge in [0.25, 0.3) is 0 Å². The molecule has 0 unspecified atom stereocenters. The Balaban J connectivity index is 1.34. The highest BCUT2D eigenvalue weighted by Crippen LogP contribution is 2.57. The van der Waals surface area contributed by atoms with Crippen LogP contribution in [0.25, 0.3) is 0 Å². The van der Waals surface area contributed by atoms with Gasteiger partial charge in [-0.2, -0.15) is 0 Å². The van der Waals surface area contributed by atoms with E-state index in [0.29, 0.717) is 6.42 Å². The van der Waals surface area contributed by atoms with Crippen molar-refractivity contribution in [3.05, 3.63) is 0 Å². The Morgan fingerprint density at radius 2 is 1.56 bits per heavy atom. The lowest BCUT2D eigenvalue weighted by molar-refractivity contribution is -0.210. The van der Waals surface area contributed by atoms with Crippen LogP contribution in [-0.4, -0.2) is 30.9 Å². The van der Waals surface area contributed by atoms with Gasteiger partial charge in [0.2, 0.25) is 0 Å². The molecule has 142 valence electrons. The Hall–Kier alpha value is -1.10. The first-order chi connectivity index (χ1) is 11.8. The molecule has 0 aromatic carbocycles. The molecule has 0 aliphatic heterocycles. The number of esters is 2. The maximum absolute atomic E-state index is 11.9. The van der Waals surface area contributed by atoms with Crippen LogP contribution in [0.2, 0.25) is 0 Å². The number of hydrogen-bond acceptors (Lipinski definition) is 5. The van der Waals surface area contributed by atoms with E-state index in [-0.39, 0.29) is 37.4 Å². The number of carbonyl (C=O) groups excluding carboxylic acids is 2. The van der Waals surface area contributed by atoms with Gasteiger partial charge in [-0.3, -0.25) is 9.59 Å². The molecule has 5 heteroatoms. The van der Waals surface area contributed by atoms with Crippen molar-refractivity contribution in [3.8, 4) is 0 Å². The summed E-state index contributed by atoms with van der Waals surface area (Å²) < 4.78 is 16.5. The van der Waals surface area contributed by atoms with Crippen LogP contribution in [0.15, 0.2) is 0 Å². The van der Waals surface area contributed by atoms with Crippen molar-refractivity contribution in [1.82, 2.24) is 0 Å². The molecule has 4 rings (SSSR count). The normalized spacial score (nSPS) is 33.3. The van der Waals surface area contributed by atoms with E-state index in [0.717, 1.165) is 37.0 Å². The van der Waals surface area contributed by atoms with Gasteiger partial charge in [-0.25, -0.2) is 0 Å². The van der Waals surface area contributed by atoms with E-state index in [1.807, 2.05) is 20.8 Å². The van der Waals surface area contributed by atoms with Gasteiger partial charge in [0.05, 0.1) is 17.4 Å². The fourth-order valence-corrected chi connectivity index (χ4v) is 5.07. The third-order valence-corrected chi connectivity index (χ3v) is 6.54. The molecule has 0 amide bonds. The number of carbonyl (C=O) groups is 2. The van der Waals surface area contributed by atoms with E-state index in [1.54, 1.807) is 0 Å². The van der Waals surface area contributed by atoms with Gasteiger partial charge in [0.15, 0.2) is 6.79 Å². The molecule has 5 nitrogen and oxygen atoms in total. The third-order valence-electron chi connectivity index (χ3n) is 6.54. The first-order valence-electron chi connectivity index (χ1n) is 9.79. The number of rotatable bonds is 8. The van der Waals surface area contributed by atoms with E-state index < -0.39 is 5.41 Å². The van der Waals surface area contributed by atoms with Crippen LogP contribution < -0.4 is 0 Å². The summed E-state index contributed by atoms with van der Waals surface area (Å²) in [4.78, 5) is 23.7. The number of hydrogen-bond donors (Lipinski definition) is 0. The second-order valence-electron chi connectivity index (χ2n) is 9.00. The maximum Gasteiger partial charge on any atom is 0.311 e. The summed E-state index contributed by atoms with van der Waals surface area (Å²) in [5.74, 6) is 1.79. The zero-order chi connectivity index (χ0) is 18.1. The SMILES string of the molecule is CCC(C)(C)C(=O)OCCC(=O)OCOC12CC3CC(CC(C3)C1)C2. The Morgan fingerprint density at radius 3 is 2.08 bits per heavy atom. The predicted octanol–water partition coefficient (Wildman–Crippen LogP) is 3.84. The molecular formula is C20H32O5. The molecule has 25 heavy (non-hydrogen) atoms. The van der Waals surface area contributed by atoms with Crippen LogP contribution in [0.1, 0.15) is 72.1 Å². The first-order valence-corrected chi connectivity index (χ1v) is 9.79. The van der Waals surface area contributed by atoms with E-state index >= 15 is 0 Å². The van der Waals surface area contributed by atoms with Crippen molar-refractivity contribution in [2.24, 2.45) is 23.2 Å². The summed E-state index contributed by atoms with van der Waals surface area (Å²) in [6.45, 7) is 5.72. The largest absolute Gasteiger partial charge is 0.465 e. The fourth-order valence-electron chi connectivity index (χ4n) is 5.07. The van der Waals surface area contributed by atoms with Crippen molar-refractivity contribution in [2.45, 2.75) is 77.7 Å². The highest BCUT2D eigenvalue weighted by atomic mass is 16.7. The Bertz CT molecular complexity index is 475. The van der Waals surface area contributed by atoms with E-state index in [4.69, 9.17) is 14.2 Å². The molecule has 0 radical (unpaired) electrons. The molecular weight excluding hydrogens is 320 g/mol. The zero-order valence-corrected chi connectivity index (χ0v) is 15.8. The minimum absolute atomic E-state index is 0.0272. The number of ether oxygens (including phenoxy) is 3. The molecule has 0 N–H and O–H groups in total. The van der Waals surface area contributed by atoms with E-state index in [9.17, 15) is 9.59 Å². The molecule has 0 aromatic rings. The Kier molecular flexibility index (Phi) is 5.42. The van der Waals surface area contributed by atoms with Crippen LogP contribution in [0.5, 0.6) is 0 Å². The Labute approximate surface area is 150 Å². The monoisotopic (exact) mass is 352 g/mol. The van der Waals surface area contributed by atoms with Gasteiger partial charge in [-0.05, 0) is 76.5 Å². The summed E-state index contributed by atoms with van der Waals surface area (Å²) >= 11 is 0. The topological polar surface area (TPSA) is 61.8 Å². The van der Waals surface area contributed by atoms with Gasteiger partial charge in [0.1, 0.15) is 6.61 Å². The molecule has 4 fully saturated rings. The first kappa shape index (κ1) is 18.7. The second-order valence-corrected chi connectivity index (χ2v) is 9.00. The van der Waals surface area contributed by atoms with Crippen molar-refractivity contribution in [3.63, 3.8) is 0 Å². The molecule has 4 aliphatic carbocycles. The maximum atomic E-state index is 11.9. The Morgan fingerprint density at radius 1 is 1.00 bits per heavy atom. The van der Waals surface area contributed by atoms with Gasteiger partial charge in [-0.1, -0.05) is 6.92 Å². The van der Waals surface area contributed by atoms with Crippen molar-refractivity contribution >= 4 is 11.9 Å². The second kappa shape index (κ2) is 7.26. The quantitative estimate of drug-likeness (QED) is 0.490. The average molecular weight is 352 g/mol. The molecule has 4 aliphatic rings. The zero-order valence-electron chi connectivity index (χ0n) is 15.8. The molecule has 4 saturated carbocycles. The lowest BCUT2D eigenvalue weighted by atomic mass is 9.54. The smallest absolute Gasteiger partial charge is 0.311 e. The summed E-state index contributed by atoms with van der Waals surface area (Å²) in [6.07, 6.45) is 8.25. The molecule has 4 bridgehead atoms. The van der Waals surface area contributed by atoms with Crippen LogP contribution in [0.4, 0.5) is 0 Å². The highest BCUT2D eigenvalue weighted by Gasteiger charge is 2.51. The average Bonchev–Trinajstić information content (AvgIpc) is 2.53. The van der Waals surface area contributed by atoms with E-state index in [2.05, 4.69) is 0 Å². The molecule has 0 atom stereocenters. The molecule has 0 aromatic heterocycles. The molecule has 0 heterocycles. The lowest BCUT2D eigenvalue weighted by Gasteiger charge is -2.56. The summed E-state index contributed by atoms with van der Waals surface area (Å²) in [7, 11) is 0. The highest BCUT2D eigenvalue weighted by molar-refractivity contribution is 5.76. The third kappa shape index (κ3) is 4.36. The van der Waals surface area contributed by atoms with Gasteiger partial charge >= 0.3 is 11.9 Å². The van der Waals surface area contributed by atoms with E-state index in [1.165, 1.54) is 19.3 Å². The van der Waals surface area contributed by atoms with Crippen molar-refractivity contribution < 1.29 is 23.8 Å². The van der Waals surface area contributed by atoms with Gasteiger partial charge in [0, 0.05) is 0 Å². The summed E-state index contributed by atoms with van der Waals surface area (Å²) in [5.41, 5.74) is -0.557.